The lowest BCUT2D eigenvalue weighted by atomic mass is 9.76. The number of hydrogen-bond donors (Lipinski definition) is 1. The van der Waals surface area contributed by atoms with Gasteiger partial charge in [-0.15, -0.1) is 0 Å². The lowest BCUT2D eigenvalue weighted by Crippen LogP contribution is -2.29. The van der Waals surface area contributed by atoms with Gasteiger partial charge in [0.2, 0.25) is 0 Å². The topological polar surface area (TPSA) is 38.3 Å². The Kier molecular flexibility index (Phi) is 4.26. The van der Waals surface area contributed by atoms with Crippen molar-refractivity contribution in [2.45, 2.75) is 25.3 Å². The highest BCUT2D eigenvalue weighted by Gasteiger charge is 2.38. The molecule has 0 spiro atoms. The highest BCUT2D eigenvalue weighted by atomic mass is 35.5. The van der Waals surface area contributed by atoms with E-state index in [2.05, 4.69) is 23.5 Å². The molecule has 1 N–H and O–H groups in total. The van der Waals surface area contributed by atoms with E-state index in [0.717, 1.165) is 28.3 Å². The van der Waals surface area contributed by atoms with E-state index in [1.807, 2.05) is 43.3 Å². The van der Waals surface area contributed by atoms with Crippen molar-refractivity contribution < 1.29 is 9.53 Å². The number of allylic oxidation sites excluding steroid dienone is 2. The van der Waals surface area contributed by atoms with Crippen molar-refractivity contribution in [3.8, 4) is 0 Å². The second kappa shape index (κ2) is 6.57. The third kappa shape index (κ3) is 2.83. The minimum absolute atomic E-state index is 0.162. The summed E-state index contributed by atoms with van der Waals surface area (Å²) >= 11 is 6.46. The summed E-state index contributed by atoms with van der Waals surface area (Å²) in [5.41, 5.74) is 3.96. The highest BCUT2D eigenvalue weighted by Crippen LogP contribution is 2.50. The Hall–Kier alpha value is -2.26. The molecule has 0 fully saturated rings. The molecular formula is C21H20ClNO2. The Labute approximate surface area is 152 Å². The molecule has 4 heteroatoms. The number of ether oxygens (including phenoxy) is 1. The van der Waals surface area contributed by atoms with Crippen molar-refractivity contribution in [1.82, 2.24) is 0 Å². The molecule has 0 radical (unpaired) electrons. The van der Waals surface area contributed by atoms with Crippen molar-refractivity contribution in [1.29, 1.82) is 0 Å². The first kappa shape index (κ1) is 16.2. The number of carbonyl (C=O) groups is 1. The van der Waals surface area contributed by atoms with Crippen molar-refractivity contribution in [2.24, 2.45) is 5.92 Å². The molecule has 2 aliphatic rings. The summed E-state index contributed by atoms with van der Waals surface area (Å²) in [6.07, 6.45) is 5.48. The van der Waals surface area contributed by atoms with Crippen LogP contribution < -0.4 is 5.32 Å². The number of rotatable bonds is 3. The maximum absolute atomic E-state index is 12.1. The quantitative estimate of drug-likeness (QED) is 0.597. The fourth-order valence-electron chi connectivity index (χ4n) is 3.97. The van der Waals surface area contributed by atoms with Crippen LogP contribution in [0.25, 0.3) is 0 Å². The van der Waals surface area contributed by atoms with Gasteiger partial charge in [0.1, 0.15) is 0 Å². The smallest absolute Gasteiger partial charge is 0.338 e. The molecule has 0 aromatic heterocycles. The average molecular weight is 354 g/mol. The molecule has 25 heavy (non-hydrogen) atoms. The fourth-order valence-corrected chi connectivity index (χ4v) is 4.22. The predicted octanol–water partition coefficient (Wildman–Crippen LogP) is 5.34. The van der Waals surface area contributed by atoms with Crippen LogP contribution >= 0.6 is 11.6 Å². The zero-order chi connectivity index (χ0) is 17.4. The van der Waals surface area contributed by atoms with Crippen LogP contribution in [-0.2, 0) is 4.74 Å². The number of halogens is 1. The van der Waals surface area contributed by atoms with Gasteiger partial charge < -0.3 is 10.1 Å². The molecule has 0 saturated carbocycles. The first-order valence-corrected chi connectivity index (χ1v) is 9.05. The number of esters is 1. The van der Waals surface area contributed by atoms with Crippen LogP contribution in [0.5, 0.6) is 0 Å². The van der Waals surface area contributed by atoms with Gasteiger partial charge in [0, 0.05) is 16.6 Å². The molecular weight excluding hydrogens is 334 g/mol. The minimum Gasteiger partial charge on any atom is -0.462 e. The summed E-state index contributed by atoms with van der Waals surface area (Å²) in [7, 11) is 0. The van der Waals surface area contributed by atoms with Gasteiger partial charge in [-0.05, 0) is 54.7 Å². The van der Waals surface area contributed by atoms with E-state index >= 15 is 0 Å². The van der Waals surface area contributed by atoms with Gasteiger partial charge in [0.05, 0.1) is 18.2 Å². The van der Waals surface area contributed by atoms with Gasteiger partial charge in [0.25, 0.3) is 0 Å². The molecule has 1 heterocycles. The molecule has 0 unspecified atom stereocenters. The highest BCUT2D eigenvalue weighted by molar-refractivity contribution is 6.31. The van der Waals surface area contributed by atoms with E-state index in [4.69, 9.17) is 16.3 Å². The summed E-state index contributed by atoms with van der Waals surface area (Å²) in [5, 5.41) is 4.44. The number of benzene rings is 2. The van der Waals surface area contributed by atoms with Crippen LogP contribution in [0, 0.1) is 5.92 Å². The first-order valence-electron chi connectivity index (χ1n) is 8.67. The van der Waals surface area contributed by atoms with Gasteiger partial charge in [-0.2, -0.15) is 0 Å². The third-order valence-electron chi connectivity index (χ3n) is 5.11. The van der Waals surface area contributed by atoms with Crippen LogP contribution in [0.1, 0.15) is 46.8 Å². The molecule has 0 bridgehead atoms. The Balaban J connectivity index is 1.74. The standard InChI is InChI=1S/C21H20ClNO2/c1-2-25-21(24)13-10-11-19-17(12-13)14-7-5-8-15(14)20(23-19)16-6-3-4-9-18(16)22/h3-7,9-12,14-15,20,23H,2,8H2,1H3/t14-,15+,20+/m0/s1. The zero-order valence-electron chi connectivity index (χ0n) is 14.0. The normalized spacial score (nSPS) is 23.5. The van der Waals surface area contributed by atoms with Gasteiger partial charge in [0.15, 0.2) is 0 Å². The molecule has 0 saturated heterocycles. The van der Waals surface area contributed by atoms with Crippen molar-refractivity contribution in [2.75, 3.05) is 11.9 Å². The van der Waals surface area contributed by atoms with Crippen LogP contribution in [0.4, 0.5) is 5.69 Å². The van der Waals surface area contributed by atoms with Crippen molar-refractivity contribution >= 4 is 23.3 Å². The van der Waals surface area contributed by atoms with Crippen molar-refractivity contribution in [3.63, 3.8) is 0 Å². The summed E-state index contributed by atoms with van der Waals surface area (Å²) in [4.78, 5) is 12.1. The van der Waals surface area contributed by atoms with Crippen LogP contribution in [0.15, 0.2) is 54.6 Å². The maximum atomic E-state index is 12.1. The summed E-state index contributed by atoms with van der Waals surface area (Å²) in [5.74, 6) is 0.411. The van der Waals surface area contributed by atoms with Crippen LogP contribution in [0.3, 0.4) is 0 Å². The number of hydrogen-bond acceptors (Lipinski definition) is 3. The Bertz CT molecular complexity index is 846. The monoisotopic (exact) mass is 353 g/mol. The molecule has 3 atom stereocenters. The largest absolute Gasteiger partial charge is 0.462 e. The average Bonchev–Trinajstić information content (AvgIpc) is 3.11. The first-order chi connectivity index (χ1) is 12.2. The van der Waals surface area contributed by atoms with E-state index in [1.165, 1.54) is 0 Å². The molecule has 0 amide bonds. The Morgan fingerprint density at radius 1 is 1.24 bits per heavy atom. The number of anilines is 1. The van der Waals surface area contributed by atoms with E-state index in [1.54, 1.807) is 0 Å². The molecule has 4 rings (SSSR count). The summed E-state index contributed by atoms with van der Waals surface area (Å²) < 4.78 is 5.14. The second-order valence-corrected chi connectivity index (χ2v) is 6.93. The minimum atomic E-state index is -0.267. The predicted molar refractivity (Wildman–Crippen MR) is 100 cm³/mol. The van der Waals surface area contributed by atoms with E-state index in [0.29, 0.717) is 18.1 Å². The summed E-state index contributed by atoms with van der Waals surface area (Å²) in [6, 6.07) is 14.0. The zero-order valence-corrected chi connectivity index (χ0v) is 14.8. The van der Waals surface area contributed by atoms with Gasteiger partial charge in [-0.3, -0.25) is 0 Å². The third-order valence-corrected chi connectivity index (χ3v) is 5.46. The lowest BCUT2D eigenvalue weighted by molar-refractivity contribution is 0.0526. The Morgan fingerprint density at radius 2 is 2.08 bits per heavy atom. The SMILES string of the molecule is CCOC(=O)c1ccc2c(c1)[C@H]1C=CC[C@H]1[C@H](c1ccccc1Cl)N2. The van der Waals surface area contributed by atoms with E-state index in [9.17, 15) is 4.79 Å². The van der Waals surface area contributed by atoms with Gasteiger partial charge in [-0.1, -0.05) is 42.0 Å². The fraction of sp³-hybridized carbons (Fsp3) is 0.286. The number of nitrogens with one attached hydrogen (secondary N) is 1. The van der Waals surface area contributed by atoms with Crippen molar-refractivity contribution in [3.05, 3.63) is 76.3 Å². The molecule has 3 nitrogen and oxygen atoms in total. The number of carbonyl (C=O) groups excluding carboxylic acids is 1. The van der Waals surface area contributed by atoms with E-state index in [-0.39, 0.29) is 17.9 Å². The molecule has 128 valence electrons. The van der Waals surface area contributed by atoms with Gasteiger partial charge in [-0.25, -0.2) is 4.79 Å². The second-order valence-electron chi connectivity index (χ2n) is 6.52. The van der Waals surface area contributed by atoms with Crippen LogP contribution in [-0.4, -0.2) is 12.6 Å². The van der Waals surface area contributed by atoms with Crippen LogP contribution in [0.2, 0.25) is 5.02 Å². The Morgan fingerprint density at radius 3 is 2.88 bits per heavy atom. The number of fused-ring (bicyclic) bond motifs is 3. The van der Waals surface area contributed by atoms with E-state index < -0.39 is 0 Å². The van der Waals surface area contributed by atoms with Gasteiger partial charge >= 0.3 is 5.97 Å². The molecule has 2 aromatic rings. The molecule has 1 aliphatic heterocycles. The molecule has 1 aliphatic carbocycles. The maximum Gasteiger partial charge on any atom is 0.338 e. The lowest BCUT2D eigenvalue weighted by Gasteiger charge is -2.38. The molecule has 2 aromatic carbocycles. The summed E-state index contributed by atoms with van der Waals surface area (Å²) in [6.45, 7) is 2.20.